The largest absolute Gasteiger partial charge is 0.372 e. The molecule has 0 aliphatic heterocycles. The molecule has 1 N–H and O–H groups in total. The molecule has 2 aromatic rings. The maximum atomic E-state index is 4.63. The smallest absolute Gasteiger partial charge is 0.165 e. The van der Waals surface area contributed by atoms with Crippen LogP contribution >= 0.6 is 22.6 Å². The predicted molar refractivity (Wildman–Crippen MR) is 85.3 cm³/mol. The molecule has 19 heavy (non-hydrogen) atoms. The summed E-state index contributed by atoms with van der Waals surface area (Å²) in [5.41, 5.74) is 2.02. The van der Waals surface area contributed by atoms with E-state index in [1.165, 1.54) is 0 Å². The highest BCUT2D eigenvalue weighted by atomic mass is 127. The Labute approximate surface area is 127 Å². The van der Waals surface area contributed by atoms with Gasteiger partial charge in [-0.25, -0.2) is 9.97 Å². The summed E-state index contributed by atoms with van der Waals surface area (Å²) in [6, 6.07) is 0.340. The number of aryl methyl sites for hydroxylation is 1. The van der Waals surface area contributed by atoms with E-state index >= 15 is 0 Å². The van der Waals surface area contributed by atoms with E-state index in [4.69, 9.17) is 0 Å². The van der Waals surface area contributed by atoms with E-state index in [0.29, 0.717) is 6.04 Å². The van der Waals surface area contributed by atoms with E-state index in [9.17, 15) is 0 Å². The molecular formula is C13H18IN5. The average Bonchev–Trinajstić information content (AvgIpc) is 2.89. The molecule has 5 nitrogen and oxygen atoms in total. The molecule has 0 aromatic carbocycles. The number of aromatic nitrogens is 4. The van der Waals surface area contributed by atoms with E-state index in [1.54, 1.807) is 0 Å². The second kappa shape index (κ2) is 5.85. The number of hydrogen-bond donors (Lipinski definition) is 1. The van der Waals surface area contributed by atoms with Gasteiger partial charge in [-0.3, -0.25) is 4.68 Å². The molecule has 2 heterocycles. The van der Waals surface area contributed by atoms with Gasteiger partial charge in [0.15, 0.2) is 5.82 Å². The van der Waals surface area contributed by atoms with Crippen LogP contribution in [-0.2, 0) is 6.42 Å². The van der Waals surface area contributed by atoms with Crippen LogP contribution in [0.5, 0.6) is 0 Å². The van der Waals surface area contributed by atoms with Crippen molar-refractivity contribution in [2.45, 2.75) is 33.2 Å². The second-order valence-electron chi connectivity index (χ2n) is 4.56. The van der Waals surface area contributed by atoms with Gasteiger partial charge in [0.2, 0.25) is 0 Å². The number of nitrogens with zero attached hydrogens (tertiary/aromatic N) is 4. The highest BCUT2D eigenvalue weighted by Crippen LogP contribution is 2.24. The van der Waals surface area contributed by atoms with Gasteiger partial charge >= 0.3 is 0 Å². The summed E-state index contributed by atoms with van der Waals surface area (Å²) in [6.45, 7) is 6.30. The number of hydrogen-bond acceptors (Lipinski definition) is 4. The standard InChI is InChI=1S/C13H18IN5/c1-5-10-11(14)13(15-4)18-12(17-10)9-6-16-19(7-9)8(2)3/h6-8H,5H2,1-4H3,(H,15,17,18). The van der Waals surface area contributed by atoms with Crippen molar-refractivity contribution in [2.24, 2.45) is 0 Å². The van der Waals surface area contributed by atoms with E-state index in [1.807, 2.05) is 24.1 Å². The Hall–Kier alpha value is -1.18. The molecule has 0 amide bonds. The summed E-state index contributed by atoms with van der Waals surface area (Å²) in [4.78, 5) is 9.19. The number of rotatable bonds is 4. The van der Waals surface area contributed by atoms with Gasteiger partial charge in [-0.05, 0) is 42.9 Å². The van der Waals surface area contributed by atoms with Crippen LogP contribution in [-0.4, -0.2) is 26.8 Å². The Balaban J connectivity index is 2.49. The average molecular weight is 371 g/mol. The fourth-order valence-corrected chi connectivity index (χ4v) is 2.65. The minimum absolute atomic E-state index is 0.340. The van der Waals surface area contributed by atoms with Crippen molar-refractivity contribution in [3.05, 3.63) is 21.7 Å². The van der Waals surface area contributed by atoms with Gasteiger partial charge in [-0.15, -0.1) is 0 Å². The van der Waals surface area contributed by atoms with E-state index in [0.717, 1.165) is 32.9 Å². The molecule has 0 atom stereocenters. The van der Waals surface area contributed by atoms with Crippen LogP contribution in [0.25, 0.3) is 11.4 Å². The molecule has 0 bridgehead atoms. The predicted octanol–water partition coefficient (Wildman–Crippen LogP) is 3.13. The minimum Gasteiger partial charge on any atom is -0.372 e. The highest BCUT2D eigenvalue weighted by molar-refractivity contribution is 14.1. The van der Waals surface area contributed by atoms with Crippen LogP contribution in [0.2, 0.25) is 0 Å². The first-order valence-electron chi connectivity index (χ1n) is 6.35. The van der Waals surface area contributed by atoms with Crippen molar-refractivity contribution in [1.29, 1.82) is 0 Å². The first-order chi connectivity index (χ1) is 9.06. The SMILES string of the molecule is CCc1nc(-c2cnn(C(C)C)c2)nc(NC)c1I. The summed E-state index contributed by atoms with van der Waals surface area (Å²) in [5.74, 6) is 1.60. The van der Waals surface area contributed by atoms with Crippen molar-refractivity contribution < 1.29 is 0 Å². The summed E-state index contributed by atoms with van der Waals surface area (Å²) in [6.07, 6.45) is 4.70. The lowest BCUT2D eigenvalue weighted by atomic mass is 10.2. The summed E-state index contributed by atoms with van der Waals surface area (Å²) >= 11 is 2.28. The Morgan fingerprint density at radius 1 is 1.37 bits per heavy atom. The topological polar surface area (TPSA) is 55.6 Å². The Bertz CT molecular complexity index is 551. The van der Waals surface area contributed by atoms with Crippen LogP contribution in [0.15, 0.2) is 12.4 Å². The van der Waals surface area contributed by atoms with Gasteiger partial charge in [0, 0.05) is 19.3 Å². The maximum absolute atomic E-state index is 4.63. The molecular weight excluding hydrogens is 353 g/mol. The molecule has 2 rings (SSSR count). The normalized spacial score (nSPS) is 11.1. The summed E-state index contributed by atoms with van der Waals surface area (Å²) in [5, 5.41) is 7.46. The maximum Gasteiger partial charge on any atom is 0.165 e. The van der Waals surface area contributed by atoms with E-state index in [2.05, 4.69) is 63.7 Å². The number of halogens is 1. The zero-order chi connectivity index (χ0) is 14.0. The zero-order valence-corrected chi connectivity index (χ0v) is 13.8. The summed E-state index contributed by atoms with van der Waals surface area (Å²) < 4.78 is 3.00. The first-order valence-corrected chi connectivity index (χ1v) is 7.43. The van der Waals surface area contributed by atoms with Crippen molar-refractivity contribution in [3.63, 3.8) is 0 Å². The summed E-state index contributed by atoms with van der Waals surface area (Å²) in [7, 11) is 1.88. The molecule has 0 saturated heterocycles. The number of nitrogens with one attached hydrogen (secondary N) is 1. The Morgan fingerprint density at radius 2 is 2.11 bits per heavy atom. The molecule has 0 fully saturated rings. The van der Waals surface area contributed by atoms with Crippen molar-refractivity contribution in [1.82, 2.24) is 19.7 Å². The lowest BCUT2D eigenvalue weighted by Gasteiger charge is -2.09. The molecule has 6 heteroatoms. The van der Waals surface area contributed by atoms with Gasteiger partial charge in [-0.2, -0.15) is 5.10 Å². The molecule has 0 aliphatic carbocycles. The molecule has 2 aromatic heterocycles. The first kappa shape index (κ1) is 14.2. The minimum atomic E-state index is 0.340. The fraction of sp³-hybridized carbons (Fsp3) is 0.462. The van der Waals surface area contributed by atoms with Crippen LogP contribution < -0.4 is 5.32 Å². The quantitative estimate of drug-likeness (QED) is 0.840. The fourth-order valence-electron chi connectivity index (χ4n) is 1.76. The third-order valence-electron chi connectivity index (χ3n) is 2.88. The Morgan fingerprint density at radius 3 is 2.63 bits per heavy atom. The second-order valence-corrected chi connectivity index (χ2v) is 5.64. The molecule has 0 radical (unpaired) electrons. The Kier molecular flexibility index (Phi) is 4.38. The van der Waals surface area contributed by atoms with Gasteiger partial charge in [0.05, 0.1) is 21.0 Å². The molecule has 0 aliphatic rings. The van der Waals surface area contributed by atoms with Gasteiger partial charge < -0.3 is 5.32 Å². The molecule has 0 saturated carbocycles. The lowest BCUT2D eigenvalue weighted by Crippen LogP contribution is -2.04. The van der Waals surface area contributed by atoms with Crippen LogP contribution in [0.4, 0.5) is 5.82 Å². The lowest BCUT2D eigenvalue weighted by molar-refractivity contribution is 0.532. The van der Waals surface area contributed by atoms with Crippen molar-refractivity contribution in [2.75, 3.05) is 12.4 Å². The van der Waals surface area contributed by atoms with E-state index in [-0.39, 0.29) is 0 Å². The van der Waals surface area contributed by atoms with Crippen LogP contribution in [0, 0.1) is 3.57 Å². The van der Waals surface area contributed by atoms with Crippen molar-refractivity contribution in [3.8, 4) is 11.4 Å². The van der Waals surface area contributed by atoms with Crippen LogP contribution in [0.3, 0.4) is 0 Å². The third kappa shape index (κ3) is 2.88. The molecule has 0 spiro atoms. The van der Waals surface area contributed by atoms with Gasteiger partial charge in [0.1, 0.15) is 5.82 Å². The number of anilines is 1. The van der Waals surface area contributed by atoms with Crippen molar-refractivity contribution >= 4 is 28.4 Å². The zero-order valence-electron chi connectivity index (χ0n) is 11.6. The monoisotopic (exact) mass is 371 g/mol. The third-order valence-corrected chi connectivity index (χ3v) is 4.01. The molecule has 102 valence electrons. The van der Waals surface area contributed by atoms with Crippen LogP contribution in [0.1, 0.15) is 32.5 Å². The molecule has 0 unspecified atom stereocenters. The van der Waals surface area contributed by atoms with Gasteiger partial charge in [0.25, 0.3) is 0 Å². The van der Waals surface area contributed by atoms with Gasteiger partial charge in [-0.1, -0.05) is 6.92 Å². The highest BCUT2D eigenvalue weighted by Gasteiger charge is 2.13. The van der Waals surface area contributed by atoms with E-state index < -0.39 is 0 Å².